The second kappa shape index (κ2) is 11.5. The van der Waals surface area contributed by atoms with Gasteiger partial charge in [-0.25, -0.2) is 13.1 Å². The van der Waals surface area contributed by atoms with E-state index >= 15 is 0 Å². The number of hydrogen-bond acceptors (Lipinski definition) is 4. The van der Waals surface area contributed by atoms with Gasteiger partial charge in [-0.15, -0.1) is 24.0 Å². The molecule has 0 amide bonds. The Morgan fingerprint density at radius 1 is 1.31 bits per heavy atom. The molecule has 1 fully saturated rings. The number of nitrogens with zero attached hydrogens (tertiary/aromatic N) is 2. The zero-order valence-corrected chi connectivity index (χ0v) is 19.9. The number of piperidine rings is 1. The predicted octanol–water partition coefficient (Wildman–Crippen LogP) is 1.53. The first-order chi connectivity index (χ1) is 11.5. The van der Waals surface area contributed by atoms with E-state index in [-0.39, 0.29) is 24.0 Å². The summed E-state index contributed by atoms with van der Waals surface area (Å²) in [7, 11) is -3.26. The molecule has 26 heavy (non-hydrogen) atoms. The van der Waals surface area contributed by atoms with Gasteiger partial charge < -0.3 is 10.6 Å². The van der Waals surface area contributed by atoms with Gasteiger partial charge in [0.15, 0.2) is 5.96 Å². The van der Waals surface area contributed by atoms with Crippen LogP contribution in [-0.4, -0.2) is 69.8 Å². The van der Waals surface area contributed by atoms with Gasteiger partial charge >= 0.3 is 0 Å². The summed E-state index contributed by atoms with van der Waals surface area (Å²) in [5.74, 6) is 0.740. The van der Waals surface area contributed by atoms with E-state index in [9.17, 15) is 8.42 Å². The maximum absolute atomic E-state index is 11.4. The van der Waals surface area contributed by atoms with Gasteiger partial charge in [-0.1, -0.05) is 12.2 Å². The Bertz CT molecular complexity index is 570. The number of sulfonamides is 1. The van der Waals surface area contributed by atoms with E-state index in [1.807, 2.05) is 20.8 Å². The van der Waals surface area contributed by atoms with Crippen LogP contribution in [0, 0.1) is 0 Å². The van der Waals surface area contributed by atoms with Crippen LogP contribution in [-0.2, 0) is 10.0 Å². The largest absolute Gasteiger partial charge is 0.357 e. The third-order valence-corrected chi connectivity index (χ3v) is 4.78. The van der Waals surface area contributed by atoms with Gasteiger partial charge in [-0.05, 0) is 40.5 Å². The first-order valence-electron chi connectivity index (χ1n) is 8.91. The minimum Gasteiger partial charge on any atom is -0.357 e. The van der Waals surface area contributed by atoms with Crippen LogP contribution in [0.2, 0.25) is 0 Å². The van der Waals surface area contributed by atoms with Crippen LogP contribution < -0.4 is 15.4 Å². The molecule has 154 valence electrons. The van der Waals surface area contributed by atoms with Crippen molar-refractivity contribution in [3.8, 4) is 0 Å². The number of guanidine groups is 1. The second-order valence-electron chi connectivity index (χ2n) is 7.61. The maximum Gasteiger partial charge on any atom is 0.209 e. The lowest BCUT2D eigenvalue weighted by Gasteiger charge is -2.33. The molecule has 0 atom stereocenters. The van der Waals surface area contributed by atoms with Crippen LogP contribution in [0.4, 0.5) is 0 Å². The van der Waals surface area contributed by atoms with Gasteiger partial charge in [0.05, 0.1) is 12.8 Å². The lowest BCUT2D eigenvalue weighted by atomic mass is 10.0. The number of hydrogen-bond donors (Lipinski definition) is 3. The van der Waals surface area contributed by atoms with Crippen molar-refractivity contribution in [2.75, 3.05) is 39.0 Å². The van der Waals surface area contributed by atoms with Crippen molar-refractivity contribution in [3.05, 3.63) is 12.2 Å². The predicted molar refractivity (Wildman–Crippen MR) is 121 cm³/mol. The third kappa shape index (κ3) is 11.3. The number of halogens is 1. The highest BCUT2D eigenvalue weighted by molar-refractivity contribution is 14.0. The number of aliphatic imine (C=N–C) groups is 1. The van der Waals surface area contributed by atoms with Crippen LogP contribution in [0.3, 0.4) is 0 Å². The quantitative estimate of drug-likeness (QED) is 0.203. The monoisotopic (exact) mass is 501 g/mol. The summed E-state index contributed by atoms with van der Waals surface area (Å²) in [6.45, 7) is 15.9. The second-order valence-corrected chi connectivity index (χ2v) is 9.35. The molecule has 0 spiro atoms. The third-order valence-electron chi connectivity index (χ3n) is 3.86. The number of likely N-dealkylation sites (tertiary alicyclic amines) is 1. The molecule has 0 saturated carbocycles. The maximum atomic E-state index is 11.4. The van der Waals surface area contributed by atoms with E-state index in [1.165, 1.54) is 11.8 Å². The fourth-order valence-corrected chi connectivity index (χ4v) is 4.01. The highest BCUT2D eigenvalue weighted by atomic mass is 127. The van der Waals surface area contributed by atoms with Crippen molar-refractivity contribution in [1.82, 2.24) is 20.3 Å². The summed E-state index contributed by atoms with van der Waals surface area (Å²) < 4.78 is 25.5. The zero-order chi connectivity index (χ0) is 19.1. The molecule has 3 N–H and O–H groups in total. The summed E-state index contributed by atoms with van der Waals surface area (Å²) in [4.78, 5) is 6.99. The van der Waals surface area contributed by atoms with E-state index < -0.39 is 15.6 Å². The molecule has 1 aliphatic heterocycles. The molecule has 0 aromatic heterocycles. The van der Waals surface area contributed by atoms with Crippen molar-refractivity contribution in [2.45, 2.75) is 52.1 Å². The van der Waals surface area contributed by atoms with Crippen molar-refractivity contribution in [1.29, 1.82) is 0 Å². The summed E-state index contributed by atoms with van der Waals surface area (Å²) in [6.07, 6.45) is 3.28. The van der Waals surface area contributed by atoms with Gasteiger partial charge in [0.1, 0.15) is 0 Å². The van der Waals surface area contributed by atoms with E-state index in [0.717, 1.165) is 45.0 Å². The molecular weight excluding hydrogens is 465 g/mol. The molecule has 1 heterocycles. The lowest BCUT2D eigenvalue weighted by Crippen LogP contribution is -2.50. The van der Waals surface area contributed by atoms with Crippen LogP contribution in [0.1, 0.15) is 40.5 Å². The van der Waals surface area contributed by atoms with Crippen molar-refractivity contribution in [2.24, 2.45) is 4.99 Å². The molecule has 1 rings (SSSR count). The molecule has 0 radical (unpaired) electrons. The fraction of sp³-hybridized carbons (Fsp3) is 0.824. The van der Waals surface area contributed by atoms with E-state index in [0.29, 0.717) is 12.6 Å². The van der Waals surface area contributed by atoms with Gasteiger partial charge in [0.2, 0.25) is 10.0 Å². The van der Waals surface area contributed by atoms with Crippen LogP contribution >= 0.6 is 24.0 Å². The fourth-order valence-electron chi connectivity index (χ4n) is 2.94. The highest BCUT2D eigenvalue weighted by Gasteiger charge is 2.23. The van der Waals surface area contributed by atoms with Crippen LogP contribution in [0.25, 0.3) is 0 Å². The van der Waals surface area contributed by atoms with E-state index in [1.54, 1.807) is 0 Å². The number of nitrogens with one attached hydrogen (secondary N) is 3. The minimum atomic E-state index is -3.26. The molecule has 0 aromatic rings. The van der Waals surface area contributed by atoms with Gasteiger partial charge in [0.25, 0.3) is 0 Å². The SMILES string of the molecule is C=C(C)CN1CCC(NC(=NCC(C)(C)NS(C)(=O)=O)NCC)CC1.I. The average Bonchev–Trinajstić information content (AvgIpc) is 2.44. The van der Waals surface area contributed by atoms with Gasteiger partial charge in [-0.3, -0.25) is 9.89 Å². The summed E-state index contributed by atoms with van der Waals surface area (Å²) >= 11 is 0. The highest BCUT2D eigenvalue weighted by Crippen LogP contribution is 2.11. The Balaban J connectivity index is 0.00000625. The Morgan fingerprint density at radius 2 is 1.88 bits per heavy atom. The first kappa shape index (κ1) is 25.6. The molecule has 0 aliphatic carbocycles. The van der Waals surface area contributed by atoms with Crippen LogP contribution in [0.5, 0.6) is 0 Å². The molecule has 1 aliphatic rings. The van der Waals surface area contributed by atoms with Crippen molar-refractivity contribution >= 4 is 40.0 Å². The molecular formula is C17H36IN5O2S. The minimum absolute atomic E-state index is 0. The Labute approximate surface area is 176 Å². The van der Waals surface area contributed by atoms with E-state index in [4.69, 9.17) is 0 Å². The average molecular weight is 501 g/mol. The Hall–Kier alpha value is -0.390. The van der Waals surface area contributed by atoms with Gasteiger partial charge in [-0.2, -0.15) is 0 Å². The molecule has 0 bridgehead atoms. The number of rotatable bonds is 8. The summed E-state index contributed by atoms with van der Waals surface area (Å²) in [5.41, 5.74) is 0.572. The van der Waals surface area contributed by atoms with Crippen molar-refractivity contribution < 1.29 is 8.42 Å². The van der Waals surface area contributed by atoms with E-state index in [2.05, 4.69) is 38.8 Å². The smallest absolute Gasteiger partial charge is 0.209 e. The topological polar surface area (TPSA) is 85.8 Å². The molecule has 7 nitrogen and oxygen atoms in total. The standard InChI is InChI=1S/C17H35N5O2S.HI/c1-7-18-16(19-13-17(4,5)21-25(6,23)24)20-15-8-10-22(11-9-15)12-14(2)3;/h15,21H,2,7-13H2,1,3-6H3,(H2,18,19,20);1H. The summed E-state index contributed by atoms with van der Waals surface area (Å²) in [5, 5.41) is 6.72. The normalized spacial score (nSPS) is 17.5. The van der Waals surface area contributed by atoms with Crippen molar-refractivity contribution in [3.63, 3.8) is 0 Å². The summed E-state index contributed by atoms with van der Waals surface area (Å²) in [6, 6.07) is 0.380. The van der Waals surface area contributed by atoms with Gasteiger partial charge in [0, 0.05) is 37.8 Å². The molecule has 1 saturated heterocycles. The zero-order valence-electron chi connectivity index (χ0n) is 16.8. The lowest BCUT2D eigenvalue weighted by molar-refractivity contribution is 0.221. The molecule has 0 aromatic carbocycles. The first-order valence-corrected chi connectivity index (χ1v) is 10.8. The Morgan fingerprint density at radius 3 is 2.35 bits per heavy atom. The molecule has 9 heteroatoms. The Kier molecular flexibility index (Phi) is 11.3. The van der Waals surface area contributed by atoms with Crippen LogP contribution in [0.15, 0.2) is 17.1 Å². The molecule has 0 unspecified atom stereocenters.